The number of hydrogen-bond acceptors (Lipinski definition) is 6. The lowest BCUT2D eigenvalue weighted by molar-refractivity contribution is -0.156. The zero-order chi connectivity index (χ0) is 18.4. The Kier molecular flexibility index (Phi) is 4.26. The topological polar surface area (TPSA) is 93.8 Å². The predicted octanol–water partition coefficient (Wildman–Crippen LogP) is 2.43. The number of carbonyl (C=O) groups excluding carboxylic acids is 3. The van der Waals surface area contributed by atoms with Gasteiger partial charge in [0.25, 0.3) is 5.24 Å². The van der Waals surface area contributed by atoms with Gasteiger partial charge in [0, 0.05) is 11.1 Å². The summed E-state index contributed by atoms with van der Waals surface area (Å²) in [5, 5.41) is 9.91. The Labute approximate surface area is 148 Å². The first-order chi connectivity index (χ1) is 11.8. The number of aliphatic hydroxyl groups is 1. The van der Waals surface area contributed by atoms with E-state index < -0.39 is 28.5 Å². The molecule has 0 saturated carbocycles. The number of ketones is 1. The molecule has 2 atom stereocenters. The van der Waals surface area contributed by atoms with Gasteiger partial charge in [-0.25, -0.2) is 4.79 Å². The highest BCUT2D eigenvalue weighted by atomic mass is 35.5. The van der Waals surface area contributed by atoms with Crippen molar-refractivity contribution in [3.63, 3.8) is 0 Å². The van der Waals surface area contributed by atoms with Crippen LogP contribution in [0.4, 0.5) is 0 Å². The van der Waals surface area contributed by atoms with Crippen molar-refractivity contribution in [3.05, 3.63) is 58.5 Å². The van der Waals surface area contributed by atoms with Gasteiger partial charge in [0.1, 0.15) is 6.26 Å². The minimum Gasteiger partial charge on any atom is -0.464 e. The fraction of sp³-hybridized carbons (Fsp3) is 0.278. The standard InChI is InChI=1S/C18H15ClO6/c1-3-24-17(23)15(21)18(2)11-7-5-4-6-9(11)13(20)14-12(18)10(8-25-14)16(19)22/h4-8,15,21H,3H2,1-2H3/t15-,18?/m1/s1. The highest BCUT2D eigenvalue weighted by Crippen LogP contribution is 2.46. The minimum atomic E-state index is -1.66. The lowest BCUT2D eigenvalue weighted by atomic mass is 9.65. The number of rotatable bonds is 4. The number of esters is 1. The molecule has 1 aliphatic carbocycles. The van der Waals surface area contributed by atoms with E-state index in [1.807, 2.05) is 0 Å². The van der Waals surface area contributed by atoms with E-state index in [0.29, 0.717) is 5.56 Å². The zero-order valence-corrected chi connectivity index (χ0v) is 14.3. The van der Waals surface area contributed by atoms with E-state index in [-0.39, 0.29) is 29.1 Å². The molecule has 0 aliphatic heterocycles. The summed E-state index contributed by atoms with van der Waals surface area (Å²) in [4.78, 5) is 36.7. The summed E-state index contributed by atoms with van der Waals surface area (Å²) in [6.45, 7) is 3.24. The normalized spacial score (nSPS) is 19.8. The maximum absolute atomic E-state index is 12.7. The van der Waals surface area contributed by atoms with Gasteiger partial charge in [0.05, 0.1) is 17.6 Å². The van der Waals surface area contributed by atoms with Crippen LogP contribution in [0, 0.1) is 0 Å². The zero-order valence-electron chi connectivity index (χ0n) is 13.5. The second kappa shape index (κ2) is 6.13. The summed E-state index contributed by atoms with van der Waals surface area (Å²) in [5.41, 5.74) is -0.724. The second-order valence-electron chi connectivity index (χ2n) is 5.86. The molecule has 0 spiro atoms. The lowest BCUT2D eigenvalue weighted by Crippen LogP contribution is -2.48. The molecule has 25 heavy (non-hydrogen) atoms. The molecule has 3 rings (SSSR count). The lowest BCUT2D eigenvalue weighted by Gasteiger charge is -2.37. The third-order valence-corrected chi connectivity index (χ3v) is 4.72. The number of halogens is 1. The van der Waals surface area contributed by atoms with Crippen molar-refractivity contribution in [1.82, 2.24) is 0 Å². The quantitative estimate of drug-likeness (QED) is 0.663. The number of furan rings is 1. The average molecular weight is 363 g/mol. The van der Waals surface area contributed by atoms with E-state index in [4.69, 9.17) is 20.8 Å². The number of fused-ring (bicyclic) bond motifs is 2. The molecule has 1 heterocycles. The van der Waals surface area contributed by atoms with Crippen LogP contribution in [-0.4, -0.2) is 34.8 Å². The van der Waals surface area contributed by atoms with Crippen LogP contribution in [0.2, 0.25) is 0 Å². The van der Waals surface area contributed by atoms with E-state index in [1.54, 1.807) is 38.1 Å². The van der Waals surface area contributed by atoms with Crippen LogP contribution in [-0.2, 0) is 14.9 Å². The van der Waals surface area contributed by atoms with Crippen LogP contribution in [0.25, 0.3) is 0 Å². The van der Waals surface area contributed by atoms with Gasteiger partial charge < -0.3 is 14.3 Å². The molecule has 7 heteroatoms. The first kappa shape index (κ1) is 17.4. The number of carbonyl (C=O) groups is 3. The van der Waals surface area contributed by atoms with Crippen molar-refractivity contribution in [2.24, 2.45) is 0 Å². The Bertz CT molecular complexity index is 883. The van der Waals surface area contributed by atoms with Gasteiger partial charge in [-0.05, 0) is 31.0 Å². The summed E-state index contributed by atoms with van der Waals surface area (Å²) >= 11 is 5.62. The molecule has 130 valence electrons. The van der Waals surface area contributed by atoms with E-state index in [0.717, 1.165) is 6.26 Å². The average Bonchev–Trinajstić information content (AvgIpc) is 3.05. The first-order valence-corrected chi connectivity index (χ1v) is 8.02. The van der Waals surface area contributed by atoms with E-state index in [9.17, 15) is 19.5 Å². The van der Waals surface area contributed by atoms with Crippen molar-refractivity contribution < 1.29 is 28.6 Å². The third kappa shape index (κ3) is 2.41. The minimum absolute atomic E-state index is 0.0645. The summed E-state index contributed by atoms with van der Waals surface area (Å²) < 4.78 is 10.2. The van der Waals surface area contributed by atoms with Crippen molar-refractivity contribution in [2.45, 2.75) is 25.4 Å². The molecule has 1 aromatic carbocycles. The molecule has 1 aliphatic rings. The van der Waals surface area contributed by atoms with Gasteiger partial charge in [0.2, 0.25) is 5.78 Å². The molecule has 0 fully saturated rings. The van der Waals surface area contributed by atoms with Crippen LogP contribution in [0.1, 0.15) is 51.5 Å². The van der Waals surface area contributed by atoms with Crippen molar-refractivity contribution in [2.75, 3.05) is 6.61 Å². The fourth-order valence-electron chi connectivity index (χ4n) is 3.32. The van der Waals surface area contributed by atoms with E-state index >= 15 is 0 Å². The molecular weight excluding hydrogens is 348 g/mol. The highest BCUT2D eigenvalue weighted by Gasteiger charge is 2.52. The maximum atomic E-state index is 12.7. The van der Waals surface area contributed by atoms with Crippen molar-refractivity contribution in [1.29, 1.82) is 0 Å². The fourth-order valence-corrected chi connectivity index (χ4v) is 3.46. The van der Waals surface area contributed by atoms with Crippen LogP contribution >= 0.6 is 11.6 Å². The van der Waals surface area contributed by atoms with Gasteiger partial charge in [-0.2, -0.15) is 0 Å². The van der Waals surface area contributed by atoms with Crippen molar-refractivity contribution >= 4 is 28.6 Å². The van der Waals surface area contributed by atoms with Gasteiger partial charge in [-0.1, -0.05) is 24.3 Å². The molecule has 6 nitrogen and oxygen atoms in total. The summed E-state index contributed by atoms with van der Waals surface area (Å²) in [6, 6.07) is 6.53. The number of benzene rings is 1. The molecule has 0 bridgehead atoms. The predicted molar refractivity (Wildman–Crippen MR) is 87.9 cm³/mol. The monoisotopic (exact) mass is 362 g/mol. The summed E-state index contributed by atoms with van der Waals surface area (Å²) in [5.74, 6) is -1.42. The number of hydrogen-bond donors (Lipinski definition) is 1. The molecule has 2 aromatic rings. The van der Waals surface area contributed by atoms with E-state index in [2.05, 4.69) is 0 Å². The molecule has 0 saturated heterocycles. The summed E-state index contributed by atoms with van der Waals surface area (Å²) in [7, 11) is 0. The molecule has 0 radical (unpaired) electrons. The van der Waals surface area contributed by atoms with Gasteiger partial charge in [0.15, 0.2) is 11.9 Å². The summed E-state index contributed by atoms with van der Waals surface area (Å²) in [6.07, 6.45) is -0.590. The Morgan fingerprint density at radius 2 is 2.04 bits per heavy atom. The second-order valence-corrected chi connectivity index (χ2v) is 6.20. The number of aliphatic hydroxyl groups excluding tert-OH is 1. The largest absolute Gasteiger partial charge is 0.464 e. The Hall–Kier alpha value is -2.44. The first-order valence-electron chi connectivity index (χ1n) is 7.64. The van der Waals surface area contributed by atoms with Crippen LogP contribution in [0.5, 0.6) is 0 Å². The Morgan fingerprint density at radius 3 is 2.68 bits per heavy atom. The van der Waals surface area contributed by atoms with Gasteiger partial charge in [-0.3, -0.25) is 9.59 Å². The highest BCUT2D eigenvalue weighted by molar-refractivity contribution is 6.68. The maximum Gasteiger partial charge on any atom is 0.336 e. The SMILES string of the molecule is CCOC(=O)[C@@H](O)C1(C)c2ccccc2C(=O)c2occ(C(=O)Cl)c21. The Morgan fingerprint density at radius 1 is 1.36 bits per heavy atom. The Balaban J connectivity index is 2.33. The molecule has 0 amide bonds. The smallest absolute Gasteiger partial charge is 0.336 e. The third-order valence-electron chi connectivity index (χ3n) is 4.52. The number of ether oxygens (including phenoxy) is 1. The molecular formula is C18H15ClO6. The van der Waals surface area contributed by atoms with Crippen LogP contribution in [0.15, 0.2) is 34.9 Å². The molecule has 1 unspecified atom stereocenters. The van der Waals surface area contributed by atoms with Crippen LogP contribution in [0.3, 0.4) is 0 Å². The van der Waals surface area contributed by atoms with E-state index in [1.165, 1.54) is 0 Å². The van der Waals surface area contributed by atoms with Crippen LogP contribution < -0.4 is 0 Å². The van der Waals surface area contributed by atoms with Crippen molar-refractivity contribution in [3.8, 4) is 0 Å². The van der Waals surface area contributed by atoms with Gasteiger partial charge >= 0.3 is 5.97 Å². The van der Waals surface area contributed by atoms with Gasteiger partial charge in [-0.15, -0.1) is 0 Å². The molecule has 1 N–H and O–H groups in total. The molecule has 1 aromatic heterocycles.